The summed E-state index contributed by atoms with van der Waals surface area (Å²) >= 11 is 0. The van der Waals surface area contributed by atoms with Crippen LogP contribution in [-0.4, -0.2) is 41.6 Å². The van der Waals surface area contributed by atoms with Crippen LogP contribution in [0.15, 0.2) is 24.3 Å². The summed E-state index contributed by atoms with van der Waals surface area (Å²) in [6.07, 6.45) is 1.33. The van der Waals surface area contributed by atoms with Crippen molar-refractivity contribution in [3.8, 4) is 0 Å². The fraction of sp³-hybridized carbons (Fsp3) is 0.600. The third-order valence-electron chi connectivity index (χ3n) is 4.04. The van der Waals surface area contributed by atoms with Gasteiger partial charge in [0.25, 0.3) is 5.91 Å². The number of likely N-dealkylation sites (tertiary alicyclic amines) is 1. The molecule has 0 aromatic heterocycles. The lowest BCUT2D eigenvalue weighted by atomic mass is 10.0. The number of amides is 2. The number of nitrogens with zero attached hydrogens (tertiary/aromatic N) is 1. The fourth-order valence-corrected chi connectivity index (χ4v) is 2.97. The van der Waals surface area contributed by atoms with Gasteiger partial charge in [0.2, 0.25) is 0 Å². The van der Waals surface area contributed by atoms with E-state index < -0.39 is 11.7 Å². The molecule has 0 bridgehead atoms. The van der Waals surface area contributed by atoms with Crippen LogP contribution >= 0.6 is 0 Å². The minimum Gasteiger partial charge on any atom is -0.444 e. The van der Waals surface area contributed by atoms with Crippen molar-refractivity contribution in [2.45, 2.75) is 59.1 Å². The molecule has 5 heteroatoms. The van der Waals surface area contributed by atoms with Crippen LogP contribution in [0.4, 0.5) is 4.79 Å². The number of carbonyl (C=O) groups excluding carboxylic acids is 2. The Morgan fingerprint density at radius 3 is 2.44 bits per heavy atom. The molecule has 138 valence electrons. The molecule has 1 aliphatic heterocycles. The highest BCUT2D eigenvalue weighted by Gasteiger charge is 2.29. The summed E-state index contributed by atoms with van der Waals surface area (Å²) in [5.74, 6) is 0.615. The number of rotatable bonds is 4. The molecule has 25 heavy (non-hydrogen) atoms. The molecule has 1 atom stereocenters. The quantitative estimate of drug-likeness (QED) is 0.906. The number of hydrogen-bond donors (Lipinski definition) is 1. The van der Waals surface area contributed by atoms with Gasteiger partial charge in [-0.2, -0.15) is 0 Å². The van der Waals surface area contributed by atoms with Crippen molar-refractivity contribution in [1.82, 2.24) is 10.2 Å². The van der Waals surface area contributed by atoms with E-state index in [-0.39, 0.29) is 11.9 Å². The maximum absolute atomic E-state index is 12.6. The van der Waals surface area contributed by atoms with Gasteiger partial charge in [-0.1, -0.05) is 26.0 Å². The van der Waals surface area contributed by atoms with Crippen LogP contribution in [0.1, 0.15) is 57.0 Å². The van der Waals surface area contributed by atoms with Gasteiger partial charge in [0.05, 0.1) is 6.04 Å². The fourth-order valence-electron chi connectivity index (χ4n) is 2.97. The lowest BCUT2D eigenvalue weighted by Crippen LogP contribution is -2.41. The van der Waals surface area contributed by atoms with Gasteiger partial charge in [0, 0.05) is 18.7 Å². The molecule has 1 saturated heterocycles. The van der Waals surface area contributed by atoms with Crippen LogP contribution in [0.3, 0.4) is 0 Å². The lowest BCUT2D eigenvalue weighted by molar-refractivity contribution is 0.0502. The first-order valence-corrected chi connectivity index (χ1v) is 9.02. The average molecular weight is 346 g/mol. The van der Waals surface area contributed by atoms with Crippen molar-refractivity contribution in [3.63, 3.8) is 0 Å². The number of alkyl carbamates (subject to hydrolysis) is 1. The topological polar surface area (TPSA) is 58.6 Å². The van der Waals surface area contributed by atoms with Gasteiger partial charge < -0.3 is 15.0 Å². The molecule has 1 unspecified atom stereocenters. The normalized spacial score (nSPS) is 17.7. The second kappa shape index (κ2) is 7.89. The highest BCUT2D eigenvalue weighted by molar-refractivity contribution is 5.94. The zero-order valence-electron chi connectivity index (χ0n) is 16.0. The Morgan fingerprint density at radius 1 is 1.24 bits per heavy atom. The molecule has 1 aliphatic rings. The summed E-state index contributed by atoms with van der Waals surface area (Å²) in [4.78, 5) is 26.3. The molecular formula is C20H30N2O3. The van der Waals surface area contributed by atoms with Crippen molar-refractivity contribution < 1.29 is 14.3 Å². The van der Waals surface area contributed by atoms with Gasteiger partial charge in [0.1, 0.15) is 5.60 Å². The third-order valence-corrected chi connectivity index (χ3v) is 4.04. The van der Waals surface area contributed by atoms with E-state index in [1.165, 1.54) is 5.56 Å². The molecule has 0 spiro atoms. The van der Waals surface area contributed by atoms with Crippen molar-refractivity contribution in [2.24, 2.45) is 5.92 Å². The van der Waals surface area contributed by atoms with Gasteiger partial charge in [0.15, 0.2) is 0 Å². The van der Waals surface area contributed by atoms with Gasteiger partial charge in [-0.05, 0) is 57.2 Å². The molecule has 1 fully saturated rings. The number of nitrogens with one attached hydrogen (secondary N) is 1. The predicted molar refractivity (Wildman–Crippen MR) is 98.7 cm³/mol. The molecule has 0 radical (unpaired) electrons. The predicted octanol–water partition coefficient (Wildman–Crippen LogP) is 3.62. The van der Waals surface area contributed by atoms with Crippen LogP contribution in [0.2, 0.25) is 0 Å². The SMILES string of the molecule is CC(C)Cc1ccc(C(=O)N2CCC(NC(=O)OC(C)(C)C)C2)cc1. The van der Waals surface area contributed by atoms with E-state index in [0.717, 1.165) is 12.8 Å². The van der Waals surface area contributed by atoms with E-state index in [2.05, 4.69) is 19.2 Å². The Morgan fingerprint density at radius 2 is 1.88 bits per heavy atom. The molecule has 0 aliphatic carbocycles. The zero-order chi connectivity index (χ0) is 18.6. The highest BCUT2D eigenvalue weighted by Crippen LogP contribution is 2.16. The molecule has 2 rings (SSSR count). The van der Waals surface area contributed by atoms with Crippen LogP contribution < -0.4 is 5.32 Å². The Labute approximate surface area is 150 Å². The summed E-state index contributed by atoms with van der Waals surface area (Å²) in [5.41, 5.74) is 1.43. The number of hydrogen-bond acceptors (Lipinski definition) is 3. The van der Waals surface area contributed by atoms with Crippen molar-refractivity contribution in [3.05, 3.63) is 35.4 Å². The maximum Gasteiger partial charge on any atom is 0.407 e. The Bertz CT molecular complexity index is 602. The minimum atomic E-state index is -0.518. The highest BCUT2D eigenvalue weighted by atomic mass is 16.6. The van der Waals surface area contributed by atoms with Crippen LogP contribution in [0.25, 0.3) is 0 Å². The molecule has 1 aromatic carbocycles. The Kier molecular flexibility index (Phi) is 6.09. The maximum atomic E-state index is 12.6. The zero-order valence-corrected chi connectivity index (χ0v) is 16.0. The average Bonchev–Trinajstić information content (AvgIpc) is 2.93. The number of ether oxygens (including phenoxy) is 1. The van der Waals surface area contributed by atoms with E-state index in [1.807, 2.05) is 45.0 Å². The third kappa shape index (κ3) is 6.07. The lowest BCUT2D eigenvalue weighted by Gasteiger charge is -2.22. The van der Waals surface area contributed by atoms with Gasteiger partial charge >= 0.3 is 6.09 Å². The first kappa shape index (κ1) is 19.3. The smallest absolute Gasteiger partial charge is 0.407 e. The minimum absolute atomic E-state index is 0.0181. The molecule has 0 saturated carbocycles. The van der Waals surface area contributed by atoms with Crippen molar-refractivity contribution in [1.29, 1.82) is 0 Å². The van der Waals surface area contributed by atoms with E-state index in [1.54, 1.807) is 4.90 Å². The van der Waals surface area contributed by atoms with Crippen LogP contribution in [-0.2, 0) is 11.2 Å². The molecule has 2 amide bonds. The Balaban J connectivity index is 1.88. The first-order valence-electron chi connectivity index (χ1n) is 9.02. The van der Waals surface area contributed by atoms with E-state index in [0.29, 0.717) is 24.6 Å². The summed E-state index contributed by atoms with van der Waals surface area (Å²) in [6, 6.07) is 7.79. The van der Waals surface area contributed by atoms with Gasteiger partial charge in [-0.25, -0.2) is 4.79 Å². The summed E-state index contributed by atoms with van der Waals surface area (Å²) in [6.45, 7) is 11.0. The van der Waals surface area contributed by atoms with Crippen molar-refractivity contribution in [2.75, 3.05) is 13.1 Å². The number of benzene rings is 1. The first-order chi connectivity index (χ1) is 11.6. The molecule has 1 N–H and O–H groups in total. The monoisotopic (exact) mass is 346 g/mol. The Hall–Kier alpha value is -2.04. The molecular weight excluding hydrogens is 316 g/mol. The van der Waals surface area contributed by atoms with Crippen molar-refractivity contribution >= 4 is 12.0 Å². The summed E-state index contributed by atoms with van der Waals surface area (Å²) < 4.78 is 5.27. The molecule has 1 heterocycles. The summed E-state index contributed by atoms with van der Waals surface area (Å²) in [5, 5.41) is 2.85. The summed E-state index contributed by atoms with van der Waals surface area (Å²) in [7, 11) is 0. The molecule has 5 nitrogen and oxygen atoms in total. The van der Waals surface area contributed by atoms with E-state index in [4.69, 9.17) is 4.74 Å². The standard InChI is InChI=1S/C20H30N2O3/c1-14(2)12-15-6-8-16(9-7-15)18(23)22-11-10-17(13-22)21-19(24)25-20(3,4)5/h6-9,14,17H,10-13H2,1-5H3,(H,21,24). The number of carbonyl (C=O) groups is 2. The van der Waals surface area contributed by atoms with Gasteiger partial charge in [-0.3, -0.25) is 4.79 Å². The second-order valence-corrected chi connectivity index (χ2v) is 8.18. The van der Waals surface area contributed by atoms with Crippen LogP contribution in [0.5, 0.6) is 0 Å². The van der Waals surface area contributed by atoms with Crippen LogP contribution in [0, 0.1) is 5.92 Å². The van der Waals surface area contributed by atoms with Gasteiger partial charge in [-0.15, -0.1) is 0 Å². The second-order valence-electron chi connectivity index (χ2n) is 8.18. The molecule has 1 aromatic rings. The largest absolute Gasteiger partial charge is 0.444 e. The van der Waals surface area contributed by atoms with E-state index >= 15 is 0 Å². The van der Waals surface area contributed by atoms with E-state index in [9.17, 15) is 9.59 Å².